The summed E-state index contributed by atoms with van der Waals surface area (Å²) in [7, 11) is -3.54. The van der Waals surface area contributed by atoms with Crippen molar-refractivity contribution in [1.29, 1.82) is 0 Å². The van der Waals surface area contributed by atoms with E-state index in [1.54, 1.807) is 18.2 Å². The second kappa shape index (κ2) is 4.97. The molecule has 5 nitrogen and oxygen atoms in total. The van der Waals surface area contributed by atoms with Gasteiger partial charge in [0.25, 0.3) is 0 Å². The van der Waals surface area contributed by atoms with Gasteiger partial charge in [0, 0.05) is 18.5 Å². The third-order valence-corrected chi connectivity index (χ3v) is 5.79. The van der Waals surface area contributed by atoms with Crippen molar-refractivity contribution in [3.63, 3.8) is 0 Å². The van der Waals surface area contributed by atoms with E-state index in [0.717, 1.165) is 24.6 Å². The number of alkyl halides is 1. The zero-order valence-electron chi connectivity index (χ0n) is 9.99. The zero-order chi connectivity index (χ0) is 13.5. The van der Waals surface area contributed by atoms with Crippen LogP contribution >= 0.6 is 23.3 Å². The largest absolute Gasteiger partial charge is 0.245 e. The van der Waals surface area contributed by atoms with E-state index in [0.29, 0.717) is 23.5 Å². The van der Waals surface area contributed by atoms with Crippen LogP contribution in [0.3, 0.4) is 0 Å². The van der Waals surface area contributed by atoms with Crippen molar-refractivity contribution in [3.8, 4) is 0 Å². The molecule has 0 radical (unpaired) electrons. The first-order valence-electron chi connectivity index (χ1n) is 5.93. The summed E-state index contributed by atoms with van der Waals surface area (Å²) in [5.74, 6) is 0.293. The molecule has 0 bridgehead atoms. The Bertz CT molecular complexity index is 697. The molecule has 1 aliphatic carbocycles. The van der Waals surface area contributed by atoms with Gasteiger partial charge in [-0.25, -0.2) is 8.42 Å². The number of halogens is 1. The van der Waals surface area contributed by atoms with E-state index in [1.165, 1.54) is 4.31 Å². The molecular formula is C11H12ClN3O2S2. The third-order valence-electron chi connectivity index (χ3n) is 3.09. The topological polar surface area (TPSA) is 63.2 Å². The standard InChI is InChI=1S/C11H12ClN3O2S2/c12-6-7-15(8-4-5-8)19(16,17)10-3-1-2-9-11(10)14-18-13-9/h1-3,8H,4-7H2. The number of nitrogens with zero attached hydrogens (tertiary/aromatic N) is 3. The molecule has 3 rings (SSSR count). The van der Waals surface area contributed by atoms with Gasteiger partial charge in [-0.15, -0.1) is 11.6 Å². The van der Waals surface area contributed by atoms with E-state index in [4.69, 9.17) is 11.6 Å². The van der Waals surface area contributed by atoms with Gasteiger partial charge in [0.05, 0.1) is 11.7 Å². The lowest BCUT2D eigenvalue weighted by atomic mass is 10.3. The van der Waals surface area contributed by atoms with Crippen LogP contribution in [0.2, 0.25) is 0 Å². The highest BCUT2D eigenvalue weighted by Gasteiger charge is 2.38. The van der Waals surface area contributed by atoms with Gasteiger partial charge in [0.1, 0.15) is 15.9 Å². The summed E-state index contributed by atoms with van der Waals surface area (Å²) in [6.45, 7) is 0.336. The van der Waals surface area contributed by atoms with Crippen molar-refractivity contribution >= 4 is 44.4 Å². The van der Waals surface area contributed by atoms with E-state index < -0.39 is 10.0 Å². The third kappa shape index (κ3) is 2.35. The lowest BCUT2D eigenvalue weighted by Gasteiger charge is -2.20. The Morgan fingerprint density at radius 1 is 1.37 bits per heavy atom. The molecule has 8 heteroatoms. The molecule has 0 aliphatic heterocycles. The molecule has 0 atom stereocenters. The number of fused-ring (bicyclic) bond motifs is 1. The summed E-state index contributed by atoms with van der Waals surface area (Å²) >= 11 is 6.75. The number of aromatic nitrogens is 2. The van der Waals surface area contributed by atoms with Crippen molar-refractivity contribution in [2.75, 3.05) is 12.4 Å². The SMILES string of the molecule is O=S(=O)(c1cccc2nsnc12)N(CCCl)C1CC1. The van der Waals surface area contributed by atoms with Crippen LogP contribution < -0.4 is 0 Å². The minimum Gasteiger partial charge on any atom is -0.207 e. The first-order chi connectivity index (χ1) is 9.14. The average Bonchev–Trinajstić information content (AvgIpc) is 3.11. The van der Waals surface area contributed by atoms with Crippen LogP contribution in [0, 0.1) is 0 Å². The van der Waals surface area contributed by atoms with Gasteiger partial charge < -0.3 is 0 Å². The number of benzene rings is 1. The smallest absolute Gasteiger partial charge is 0.207 e. The first-order valence-corrected chi connectivity index (χ1v) is 8.64. The molecule has 1 saturated carbocycles. The van der Waals surface area contributed by atoms with Gasteiger partial charge in [-0.2, -0.15) is 13.1 Å². The van der Waals surface area contributed by atoms with Gasteiger partial charge in [0.2, 0.25) is 10.0 Å². The molecule has 0 amide bonds. The summed E-state index contributed by atoms with van der Waals surface area (Å²) in [5, 5.41) is 0. The molecule has 19 heavy (non-hydrogen) atoms. The molecule has 0 N–H and O–H groups in total. The van der Waals surface area contributed by atoms with Gasteiger partial charge >= 0.3 is 0 Å². The highest BCUT2D eigenvalue weighted by molar-refractivity contribution is 7.89. The Morgan fingerprint density at radius 3 is 2.84 bits per heavy atom. The van der Waals surface area contributed by atoms with Crippen LogP contribution in [0.25, 0.3) is 11.0 Å². The summed E-state index contributed by atoms with van der Waals surface area (Å²) in [4.78, 5) is 0.232. The van der Waals surface area contributed by atoms with Crippen LogP contribution in [-0.2, 0) is 10.0 Å². The highest BCUT2D eigenvalue weighted by atomic mass is 35.5. The fourth-order valence-electron chi connectivity index (χ4n) is 2.06. The number of rotatable bonds is 5. The van der Waals surface area contributed by atoms with Crippen LogP contribution in [0.15, 0.2) is 23.1 Å². The summed E-state index contributed by atoms with van der Waals surface area (Å²) in [5.41, 5.74) is 1.07. The van der Waals surface area contributed by atoms with Crippen molar-refractivity contribution in [3.05, 3.63) is 18.2 Å². The van der Waals surface area contributed by atoms with E-state index in [9.17, 15) is 8.42 Å². The molecular weight excluding hydrogens is 306 g/mol. The van der Waals surface area contributed by atoms with Crippen LogP contribution in [0.1, 0.15) is 12.8 Å². The van der Waals surface area contributed by atoms with E-state index >= 15 is 0 Å². The van der Waals surface area contributed by atoms with Gasteiger partial charge in [0.15, 0.2) is 0 Å². The number of hydrogen-bond donors (Lipinski definition) is 0. The van der Waals surface area contributed by atoms with Crippen molar-refractivity contribution in [1.82, 2.24) is 13.1 Å². The predicted octanol–water partition coefficient (Wildman–Crippen LogP) is 2.08. The fraction of sp³-hybridized carbons (Fsp3) is 0.455. The molecule has 0 saturated heterocycles. The molecule has 2 aromatic rings. The second-order valence-electron chi connectivity index (χ2n) is 4.42. The molecule has 1 heterocycles. The van der Waals surface area contributed by atoms with Crippen LogP contribution in [-0.4, -0.2) is 39.9 Å². The van der Waals surface area contributed by atoms with Gasteiger partial charge in [-0.3, -0.25) is 0 Å². The van der Waals surface area contributed by atoms with Gasteiger partial charge in [-0.1, -0.05) is 6.07 Å². The number of sulfonamides is 1. The summed E-state index contributed by atoms with van der Waals surface area (Å²) in [6, 6.07) is 5.14. The predicted molar refractivity (Wildman–Crippen MR) is 75.0 cm³/mol. The lowest BCUT2D eigenvalue weighted by Crippen LogP contribution is -2.34. The maximum Gasteiger partial charge on any atom is 0.245 e. The summed E-state index contributed by atoms with van der Waals surface area (Å²) in [6.07, 6.45) is 1.81. The Balaban J connectivity index is 2.10. The Kier molecular flexibility index (Phi) is 3.46. The van der Waals surface area contributed by atoms with Crippen LogP contribution in [0.5, 0.6) is 0 Å². The average molecular weight is 318 g/mol. The Labute approximate surface area is 120 Å². The molecule has 1 aliphatic rings. The van der Waals surface area contributed by atoms with Crippen molar-refractivity contribution in [2.24, 2.45) is 0 Å². The van der Waals surface area contributed by atoms with Crippen molar-refractivity contribution < 1.29 is 8.42 Å². The second-order valence-corrected chi connectivity index (χ2v) is 7.19. The van der Waals surface area contributed by atoms with Crippen LogP contribution in [0.4, 0.5) is 0 Å². The fourth-order valence-corrected chi connectivity index (χ4v) is 4.78. The van der Waals surface area contributed by atoms with E-state index in [1.807, 2.05) is 0 Å². The Hall–Kier alpha value is -0.760. The number of hydrogen-bond acceptors (Lipinski definition) is 5. The minimum absolute atomic E-state index is 0.0885. The maximum absolute atomic E-state index is 12.7. The van der Waals surface area contributed by atoms with E-state index in [-0.39, 0.29) is 10.9 Å². The molecule has 0 unspecified atom stereocenters. The molecule has 1 fully saturated rings. The summed E-state index contributed by atoms with van der Waals surface area (Å²) < 4.78 is 35.1. The monoisotopic (exact) mass is 317 g/mol. The highest BCUT2D eigenvalue weighted by Crippen LogP contribution is 2.33. The van der Waals surface area contributed by atoms with Gasteiger partial charge in [-0.05, 0) is 25.0 Å². The Morgan fingerprint density at radius 2 is 2.16 bits per heavy atom. The zero-order valence-corrected chi connectivity index (χ0v) is 12.4. The minimum atomic E-state index is -3.54. The van der Waals surface area contributed by atoms with E-state index in [2.05, 4.69) is 8.75 Å². The molecule has 1 aromatic heterocycles. The first kappa shape index (κ1) is 13.2. The molecule has 0 spiro atoms. The molecule has 102 valence electrons. The maximum atomic E-state index is 12.7. The van der Waals surface area contributed by atoms with Crippen molar-refractivity contribution in [2.45, 2.75) is 23.8 Å². The quantitative estimate of drug-likeness (QED) is 0.792. The molecule has 1 aromatic carbocycles. The lowest BCUT2D eigenvalue weighted by molar-refractivity contribution is 0.423. The normalized spacial score (nSPS) is 16.3.